The van der Waals surface area contributed by atoms with Crippen molar-refractivity contribution in [2.24, 2.45) is 0 Å². The van der Waals surface area contributed by atoms with Gasteiger partial charge in [0, 0.05) is 18.5 Å². The number of carbonyl (C=O) groups is 2. The van der Waals surface area contributed by atoms with E-state index in [4.69, 9.17) is 0 Å². The highest BCUT2D eigenvalue weighted by Gasteiger charge is 2.06. The molecule has 5 heteroatoms. The number of hydrogen-bond donors (Lipinski definition) is 1. The zero-order valence-electron chi connectivity index (χ0n) is 12.8. The lowest BCUT2D eigenvalue weighted by molar-refractivity contribution is -0.870. The molecule has 0 unspecified atom stereocenters. The van der Waals surface area contributed by atoms with Gasteiger partial charge in [0.1, 0.15) is 6.29 Å². The van der Waals surface area contributed by atoms with E-state index in [0.717, 1.165) is 30.3 Å². The van der Waals surface area contributed by atoms with Crippen LogP contribution >= 0.6 is 0 Å². The fraction of sp³-hybridized carbons (Fsp3) is 0.571. The SMILES string of the molecule is C=C(C)C(=O)NCCC[N+](C)(C)C.C=C(C)C=O.[Cl-]. The van der Waals surface area contributed by atoms with Gasteiger partial charge in [-0.05, 0) is 19.4 Å². The smallest absolute Gasteiger partial charge is 0.246 e. The number of rotatable bonds is 6. The topological polar surface area (TPSA) is 46.2 Å². The van der Waals surface area contributed by atoms with Crippen LogP contribution < -0.4 is 17.7 Å². The van der Waals surface area contributed by atoms with Crippen LogP contribution in [0.2, 0.25) is 0 Å². The molecule has 0 aliphatic carbocycles. The van der Waals surface area contributed by atoms with Gasteiger partial charge in [-0.15, -0.1) is 0 Å². The van der Waals surface area contributed by atoms with Crippen LogP contribution in [0.3, 0.4) is 0 Å². The van der Waals surface area contributed by atoms with Crippen molar-refractivity contribution in [3.63, 3.8) is 0 Å². The Balaban J connectivity index is -0.000000366. The van der Waals surface area contributed by atoms with Crippen LogP contribution in [0.4, 0.5) is 0 Å². The molecule has 112 valence electrons. The van der Waals surface area contributed by atoms with Crippen molar-refractivity contribution in [3.8, 4) is 0 Å². The molecule has 1 N–H and O–H groups in total. The van der Waals surface area contributed by atoms with Crippen molar-refractivity contribution >= 4 is 12.2 Å². The zero-order valence-corrected chi connectivity index (χ0v) is 13.5. The maximum atomic E-state index is 11.1. The van der Waals surface area contributed by atoms with Gasteiger partial charge in [-0.1, -0.05) is 13.2 Å². The minimum Gasteiger partial charge on any atom is -1.00 e. The summed E-state index contributed by atoms with van der Waals surface area (Å²) < 4.78 is 0.933. The van der Waals surface area contributed by atoms with Crippen LogP contribution in [0.1, 0.15) is 20.3 Å². The summed E-state index contributed by atoms with van der Waals surface area (Å²) in [6, 6.07) is 0. The van der Waals surface area contributed by atoms with Gasteiger partial charge in [-0.2, -0.15) is 0 Å². The molecule has 0 aromatic heterocycles. The second-order valence-corrected chi connectivity index (χ2v) is 5.37. The molecule has 0 aliphatic heterocycles. The Bertz CT molecular complexity index is 307. The van der Waals surface area contributed by atoms with Gasteiger partial charge in [-0.25, -0.2) is 0 Å². The highest BCUT2D eigenvalue weighted by Crippen LogP contribution is 1.92. The summed E-state index contributed by atoms with van der Waals surface area (Å²) >= 11 is 0. The Labute approximate surface area is 123 Å². The minimum atomic E-state index is -0.0404. The largest absolute Gasteiger partial charge is 1.00 e. The molecule has 0 saturated heterocycles. The third-order valence-electron chi connectivity index (χ3n) is 1.88. The molecule has 0 aromatic rings. The summed E-state index contributed by atoms with van der Waals surface area (Å²) in [6.45, 7) is 12.1. The van der Waals surface area contributed by atoms with Crippen LogP contribution in [0.5, 0.6) is 0 Å². The van der Waals surface area contributed by atoms with Crippen LogP contribution in [-0.2, 0) is 9.59 Å². The molecule has 1 amide bonds. The van der Waals surface area contributed by atoms with Gasteiger partial charge < -0.3 is 22.2 Å². The van der Waals surface area contributed by atoms with E-state index in [1.165, 1.54) is 0 Å². The number of amides is 1. The fourth-order valence-corrected chi connectivity index (χ4v) is 0.906. The standard InChI is InChI=1S/C10H20N2O.C4H6O.ClH/c1-9(2)10(13)11-7-6-8-12(3,4)5;1-4(2)3-5;/h1,6-8H2,2-5H3;3H,1H2,2H3;1H. The Morgan fingerprint density at radius 1 is 1.21 bits per heavy atom. The molecule has 19 heavy (non-hydrogen) atoms. The molecule has 0 saturated carbocycles. The van der Waals surface area contributed by atoms with Crippen molar-refractivity contribution in [1.82, 2.24) is 5.32 Å². The predicted octanol–water partition coefficient (Wildman–Crippen LogP) is -1.46. The number of halogens is 1. The number of aldehydes is 1. The van der Waals surface area contributed by atoms with Gasteiger partial charge in [0.2, 0.25) is 5.91 Å². The van der Waals surface area contributed by atoms with E-state index in [9.17, 15) is 9.59 Å². The fourth-order valence-electron chi connectivity index (χ4n) is 0.906. The van der Waals surface area contributed by atoms with Gasteiger partial charge in [-0.3, -0.25) is 9.59 Å². The zero-order chi connectivity index (χ0) is 14.8. The molecule has 0 heterocycles. The van der Waals surface area contributed by atoms with Gasteiger partial charge in [0.05, 0.1) is 27.7 Å². The first-order valence-electron chi connectivity index (χ1n) is 5.95. The maximum absolute atomic E-state index is 11.1. The Morgan fingerprint density at radius 3 is 1.89 bits per heavy atom. The molecular weight excluding hydrogens is 264 g/mol. The van der Waals surface area contributed by atoms with E-state index in [-0.39, 0.29) is 18.3 Å². The van der Waals surface area contributed by atoms with Gasteiger partial charge in [0.15, 0.2) is 0 Å². The lowest BCUT2D eigenvalue weighted by atomic mass is 10.3. The first kappa shape index (κ1) is 23.0. The molecule has 0 spiro atoms. The summed E-state index contributed by atoms with van der Waals surface area (Å²) in [7, 11) is 6.42. The van der Waals surface area contributed by atoms with Crippen molar-refractivity contribution in [2.75, 3.05) is 34.2 Å². The summed E-state index contributed by atoms with van der Waals surface area (Å²) in [5, 5.41) is 2.81. The number of quaternary nitrogens is 1. The van der Waals surface area contributed by atoms with E-state index in [1.807, 2.05) is 0 Å². The molecule has 0 aromatic carbocycles. The predicted molar refractivity (Wildman–Crippen MR) is 76.2 cm³/mol. The lowest BCUT2D eigenvalue weighted by Crippen LogP contribution is -3.00. The molecule has 0 rings (SSSR count). The molecule has 0 fully saturated rings. The molecular formula is C14H27ClN2O2. The lowest BCUT2D eigenvalue weighted by Gasteiger charge is -2.23. The molecule has 0 atom stereocenters. The number of nitrogens with zero attached hydrogens (tertiary/aromatic N) is 1. The average Bonchev–Trinajstić information content (AvgIpc) is 2.23. The molecule has 0 aliphatic rings. The van der Waals surface area contributed by atoms with Gasteiger partial charge in [0.25, 0.3) is 0 Å². The van der Waals surface area contributed by atoms with Crippen LogP contribution in [0, 0.1) is 0 Å². The van der Waals surface area contributed by atoms with Crippen molar-refractivity contribution < 1.29 is 26.5 Å². The Morgan fingerprint density at radius 2 is 1.63 bits per heavy atom. The van der Waals surface area contributed by atoms with Crippen LogP contribution in [-0.4, -0.2) is 50.9 Å². The van der Waals surface area contributed by atoms with E-state index >= 15 is 0 Å². The third-order valence-corrected chi connectivity index (χ3v) is 1.88. The monoisotopic (exact) mass is 290 g/mol. The number of hydrogen-bond acceptors (Lipinski definition) is 2. The summed E-state index contributed by atoms with van der Waals surface area (Å²) in [5.41, 5.74) is 1.15. The van der Waals surface area contributed by atoms with Crippen molar-refractivity contribution in [2.45, 2.75) is 20.3 Å². The second-order valence-electron chi connectivity index (χ2n) is 5.37. The molecule has 0 bridgehead atoms. The first-order chi connectivity index (χ1) is 8.10. The summed E-state index contributed by atoms with van der Waals surface area (Å²) in [6.07, 6.45) is 1.72. The quantitative estimate of drug-likeness (QED) is 0.281. The van der Waals surface area contributed by atoms with E-state index in [0.29, 0.717) is 11.1 Å². The van der Waals surface area contributed by atoms with E-state index in [1.54, 1.807) is 13.8 Å². The number of nitrogens with one attached hydrogen (secondary N) is 1. The first-order valence-corrected chi connectivity index (χ1v) is 5.95. The highest BCUT2D eigenvalue weighted by atomic mass is 35.5. The van der Waals surface area contributed by atoms with E-state index in [2.05, 4.69) is 39.6 Å². The summed E-state index contributed by atoms with van der Waals surface area (Å²) in [5.74, 6) is -0.0404. The Kier molecular flexibility index (Phi) is 14.4. The third kappa shape index (κ3) is 22.5. The normalized spacial score (nSPS) is 9.32. The van der Waals surface area contributed by atoms with Crippen LogP contribution in [0.25, 0.3) is 0 Å². The van der Waals surface area contributed by atoms with E-state index < -0.39 is 0 Å². The number of allylic oxidation sites excluding steroid dienone is 1. The van der Waals surface area contributed by atoms with Crippen LogP contribution in [0.15, 0.2) is 24.3 Å². The second kappa shape index (κ2) is 11.9. The molecule has 4 nitrogen and oxygen atoms in total. The number of carbonyl (C=O) groups excluding carboxylic acids is 2. The highest BCUT2D eigenvalue weighted by molar-refractivity contribution is 5.91. The Hall–Kier alpha value is -1.13. The summed E-state index contributed by atoms with van der Waals surface area (Å²) in [4.78, 5) is 20.5. The minimum absolute atomic E-state index is 0. The van der Waals surface area contributed by atoms with Gasteiger partial charge >= 0.3 is 0 Å². The maximum Gasteiger partial charge on any atom is 0.246 e. The van der Waals surface area contributed by atoms with Crippen molar-refractivity contribution in [3.05, 3.63) is 24.3 Å². The molecule has 0 radical (unpaired) electrons. The van der Waals surface area contributed by atoms with Crippen molar-refractivity contribution in [1.29, 1.82) is 0 Å². The average molecular weight is 291 g/mol.